The topological polar surface area (TPSA) is 0 Å². The molecule has 0 saturated heterocycles. The number of hydrogen-bond donors (Lipinski definition) is 0. The summed E-state index contributed by atoms with van der Waals surface area (Å²) in [4.78, 5) is 0. The SMILES string of the molecule is CCCCCCCCCCCCCCCCCCCCCCCCC=CPC=CCCCCCCCCCCCCCCCCCCCCCCCC. The van der Waals surface area contributed by atoms with Crippen LogP contribution in [0, 0.1) is 0 Å². The minimum atomic E-state index is 0.891. The highest BCUT2D eigenvalue weighted by atomic mass is 31.1. The molecular weight excluding hydrogens is 656 g/mol. The average molecular weight is 759 g/mol. The fourth-order valence-electron chi connectivity index (χ4n) is 8.10. The van der Waals surface area contributed by atoms with E-state index in [9.17, 15) is 0 Å². The Balaban J connectivity index is 3.14. The summed E-state index contributed by atoms with van der Waals surface area (Å²) in [5.74, 6) is 4.85. The molecule has 0 unspecified atom stereocenters. The lowest BCUT2D eigenvalue weighted by molar-refractivity contribution is 0.519. The molecule has 0 nitrogen and oxygen atoms in total. The summed E-state index contributed by atoms with van der Waals surface area (Å²) in [6.07, 6.45) is 72.0. The van der Waals surface area contributed by atoms with Gasteiger partial charge in [-0.2, -0.15) is 0 Å². The predicted molar refractivity (Wildman–Crippen MR) is 250 cm³/mol. The number of allylic oxidation sites excluding steroid dienone is 2. The Hall–Kier alpha value is -0.0900. The molecule has 0 aromatic rings. The van der Waals surface area contributed by atoms with Gasteiger partial charge < -0.3 is 0 Å². The average Bonchev–Trinajstić information content (AvgIpc) is 3.17. The van der Waals surface area contributed by atoms with Crippen LogP contribution in [0.2, 0.25) is 0 Å². The summed E-state index contributed by atoms with van der Waals surface area (Å²) in [5, 5.41) is 0. The van der Waals surface area contributed by atoms with Crippen LogP contribution < -0.4 is 0 Å². The van der Waals surface area contributed by atoms with E-state index < -0.39 is 0 Å². The molecule has 53 heavy (non-hydrogen) atoms. The molecule has 0 bridgehead atoms. The molecule has 0 fully saturated rings. The molecule has 0 N–H and O–H groups in total. The van der Waals surface area contributed by atoms with Crippen LogP contribution in [-0.4, -0.2) is 0 Å². The van der Waals surface area contributed by atoms with Gasteiger partial charge in [0.2, 0.25) is 0 Å². The lowest BCUT2D eigenvalue weighted by Crippen LogP contribution is -1.84. The second kappa shape index (κ2) is 51.9. The van der Waals surface area contributed by atoms with Crippen molar-refractivity contribution < 1.29 is 0 Å². The maximum absolute atomic E-state index is 2.44. The number of unbranched alkanes of at least 4 members (excludes halogenated alkanes) is 44. The fraction of sp³-hybridized carbons (Fsp3) is 0.923. The van der Waals surface area contributed by atoms with E-state index >= 15 is 0 Å². The van der Waals surface area contributed by atoms with Crippen molar-refractivity contribution in [2.75, 3.05) is 0 Å². The smallest absolute Gasteiger partial charge is 0.0347 e. The Morgan fingerprint density at radius 1 is 0.208 bits per heavy atom. The highest BCUT2D eigenvalue weighted by molar-refractivity contribution is 7.45. The number of rotatable bonds is 48. The highest BCUT2D eigenvalue weighted by Crippen LogP contribution is 2.19. The third-order valence-corrected chi connectivity index (χ3v) is 12.7. The van der Waals surface area contributed by atoms with Gasteiger partial charge >= 0.3 is 0 Å². The van der Waals surface area contributed by atoms with E-state index in [1.54, 1.807) is 0 Å². The van der Waals surface area contributed by atoms with Crippen molar-refractivity contribution in [2.45, 2.75) is 309 Å². The van der Waals surface area contributed by atoms with E-state index in [2.05, 4.69) is 37.6 Å². The van der Waals surface area contributed by atoms with Crippen molar-refractivity contribution in [1.82, 2.24) is 0 Å². The van der Waals surface area contributed by atoms with E-state index in [4.69, 9.17) is 0 Å². The first kappa shape index (κ1) is 52.9. The molecule has 0 saturated carbocycles. The van der Waals surface area contributed by atoms with Crippen molar-refractivity contribution >= 4 is 8.58 Å². The molecule has 0 heterocycles. The summed E-state index contributed by atoms with van der Waals surface area (Å²) in [7, 11) is 0.891. The van der Waals surface area contributed by atoms with Gasteiger partial charge in [-0.05, 0) is 25.7 Å². The zero-order chi connectivity index (χ0) is 38.1. The molecule has 0 aromatic heterocycles. The molecular formula is C52H103P. The standard InChI is InChI=1S/C52H103P/c1-3-5-7-9-11-13-15-17-19-21-23-25-27-29-31-33-35-37-39-41-43-45-47-49-51-53-52-50-48-46-44-42-40-38-36-34-32-30-28-26-24-22-20-18-16-14-12-10-8-6-4-2/h49-53H,3-48H2,1-2H3. The van der Waals surface area contributed by atoms with Crippen LogP contribution in [0.15, 0.2) is 23.8 Å². The Morgan fingerprint density at radius 2 is 0.358 bits per heavy atom. The molecule has 0 rings (SSSR count). The maximum atomic E-state index is 2.44. The summed E-state index contributed by atoms with van der Waals surface area (Å²) >= 11 is 0. The lowest BCUT2D eigenvalue weighted by atomic mass is 10.0. The first-order valence-corrected chi connectivity index (χ1v) is 26.6. The predicted octanol–water partition coefficient (Wildman–Crippen LogP) is 20.7. The van der Waals surface area contributed by atoms with Gasteiger partial charge in [-0.3, -0.25) is 0 Å². The summed E-state index contributed by atoms with van der Waals surface area (Å²) in [6, 6.07) is 0. The molecule has 0 radical (unpaired) electrons. The Kier molecular flexibility index (Phi) is 51.8. The van der Waals surface area contributed by atoms with Crippen molar-refractivity contribution in [3.63, 3.8) is 0 Å². The molecule has 0 aliphatic rings. The summed E-state index contributed by atoms with van der Waals surface area (Å²) in [6.45, 7) is 4.62. The van der Waals surface area contributed by atoms with Gasteiger partial charge in [-0.15, -0.1) is 0 Å². The first-order chi connectivity index (χ1) is 26.4. The molecule has 0 aromatic carbocycles. The van der Waals surface area contributed by atoms with Crippen LogP contribution in [0.5, 0.6) is 0 Å². The molecule has 0 aliphatic heterocycles. The summed E-state index contributed by atoms with van der Waals surface area (Å²) < 4.78 is 0. The van der Waals surface area contributed by atoms with Crippen LogP contribution in [-0.2, 0) is 0 Å². The van der Waals surface area contributed by atoms with E-state index in [0.29, 0.717) is 0 Å². The fourth-order valence-corrected chi connectivity index (χ4v) is 8.82. The molecule has 0 aliphatic carbocycles. The van der Waals surface area contributed by atoms with E-state index in [0.717, 1.165) is 8.58 Å². The minimum Gasteiger partial charge on any atom is -0.0840 e. The second-order valence-corrected chi connectivity index (χ2v) is 18.4. The van der Waals surface area contributed by atoms with Crippen LogP contribution >= 0.6 is 8.58 Å². The monoisotopic (exact) mass is 759 g/mol. The van der Waals surface area contributed by atoms with Crippen LogP contribution in [0.4, 0.5) is 0 Å². The Morgan fingerprint density at radius 3 is 0.528 bits per heavy atom. The van der Waals surface area contributed by atoms with Crippen molar-refractivity contribution in [3.8, 4) is 0 Å². The maximum Gasteiger partial charge on any atom is -0.0347 e. The number of hydrogen-bond acceptors (Lipinski definition) is 0. The minimum absolute atomic E-state index is 0.891. The van der Waals surface area contributed by atoms with Crippen molar-refractivity contribution in [3.05, 3.63) is 23.8 Å². The molecule has 0 atom stereocenters. The summed E-state index contributed by atoms with van der Waals surface area (Å²) in [5.41, 5.74) is 0. The van der Waals surface area contributed by atoms with E-state index in [-0.39, 0.29) is 0 Å². The van der Waals surface area contributed by atoms with Gasteiger partial charge in [0.1, 0.15) is 0 Å². The van der Waals surface area contributed by atoms with E-state index in [1.165, 1.54) is 295 Å². The van der Waals surface area contributed by atoms with Gasteiger partial charge in [0.05, 0.1) is 0 Å². The molecule has 0 spiro atoms. The first-order valence-electron chi connectivity index (χ1n) is 25.5. The quantitative estimate of drug-likeness (QED) is 0.0428. The van der Waals surface area contributed by atoms with Gasteiger partial charge in [0, 0.05) is 0 Å². The second-order valence-electron chi connectivity index (χ2n) is 17.4. The van der Waals surface area contributed by atoms with Crippen LogP contribution in [0.3, 0.4) is 0 Å². The third-order valence-electron chi connectivity index (χ3n) is 11.9. The van der Waals surface area contributed by atoms with Crippen LogP contribution in [0.1, 0.15) is 309 Å². The zero-order valence-electron chi connectivity index (χ0n) is 37.3. The zero-order valence-corrected chi connectivity index (χ0v) is 38.3. The van der Waals surface area contributed by atoms with Gasteiger partial charge in [-0.25, -0.2) is 0 Å². The Bertz CT molecular complexity index is 608. The normalized spacial score (nSPS) is 12.2. The highest BCUT2D eigenvalue weighted by Gasteiger charge is 1.98. The largest absolute Gasteiger partial charge is 0.0840 e. The Labute approximate surface area is 340 Å². The van der Waals surface area contributed by atoms with Crippen molar-refractivity contribution in [1.29, 1.82) is 0 Å². The third kappa shape index (κ3) is 51.9. The molecule has 316 valence electrons. The van der Waals surface area contributed by atoms with Gasteiger partial charge in [-0.1, -0.05) is 316 Å². The van der Waals surface area contributed by atoms with Crippen LogP contribution in [0.25, 0.3) is 0 Å². The van der Waals surface area contributed by atoms with Gasteiger partial charge in [0.15, 0.2) is 0 Å². The van der Waals surface area contributed by atoms with E-state index in [1.807, 2.05) is 0 Å². The van der Waals surface area contributed by atoms with Crippen molar-refractivity contribution in [2.24, 2.45) is 0 Å². The lowest BCUT2D eigenvalue weighted by Gasteiger charge is -2.04. The molecule has 0 amide bonds. The molecule has 1 heteroatoms. The van der Waals surface area contributed by atoms with Gasteiger partial charge in [0.25, 0.3) is 0 Å².